The third kappa shape index (κ3) is 3.68. The quantitative estimate of drug-likeness (QED) is 0.852. The van der Waals surface area contributed by atoms with Gasteiger partial charge in [-0.3, -0.25) is 9.69 Å². The number of carbonyl (C=O) groups is 1. The van der Waals surface area contributed by atoms with E-state index in [1.54, 1.807) is 0 Å². The van der Waals surface area contributed by atoms with Crippen LogP contribution in [0.1, 0.15) is 6.42 Å². The van der Waals surface area contributed by atoms with E-state index in [2.05, 4.69) is 15.9 Å². The molecule has 1 aliphatic heterocycles. The first-order valence-electron chi connectivity index (χ1n) is 6.13. The maximum atomic E-state index is 11.0. The number of benzene rings is 1. The van der Waals surface area contributed by atoms with E-state index >= 15 is 0 Å². The second-order valence-electron chi connectivity index (χ2n) is 4.79. The summed E-state index contributed by atoms with van der Waals surface area (Å²) in [5, 5.41) is 9.04. The third-order valence-electron chi connectivity index (χ3n) is 3.28. The van der Waals surface area contributed by atoms with Crippen LogP contribution < -0.4 is 10.5 Å². The van der Waals surface area contributed by atoms with Crippen LogP contribution in [0.15, 0.2) is 28.7 Å². The summed E-state index contributed by atoms with van der Waals surface area (Å²) >= 11 is 3.38. The second kappa shape index (κ2) is 5.90. The van der Waals surface area contributed by atoms with Gasteiger partial charge in [0.1, 0.15) is 17.9 Å². The van der Waals surface area contributed by atoms with Gasteiger partial charge in [0.05, 0.1) is 0 Å². The summed E-state index contributed by atoms with van der Waals surface area (Å²) in [6.07, 6.45) is 0.485. The van der Waals surface area contributed by atoms with Gasteiger partial charge in [-0.05, 0) is 24.6 Å². The fourth-order valence-corrected chi connectivity index (χ4v) is 2.51. The van der Waals surface area contributed by atoms with Gasteiger partial charge in [-0.25, -0.2) is 0 Å². The molecule has 1 heterocycles. The number of carboxylic acid groups (broad SMARTS) is 1. The molecular formula is C13H17BrN2O3. The maximum absolute atomic E-state index is 11.0. The Hall–Kier alpha value is -1.11. The molecule has 0 radical (unpaired) electrons. The Kier molecular flexibility index (Phi) is 4.44. The van der Waals surface area contributed by atoms with E-state index in [1.165, 1.54) is 0 Å². The molecule has 2 rings (SSSR count). The van der Waals surface area contributed by atoms with E-state index < -0.39 is 11.5 Å². The normalized spacial score (nSPS) is 23.5. The largest absolute Gasteiger partial charge is 0.492 e. The Morgan fingerprint density at radius 2 is 2.37 bits per heavy atom. The molecule has 1 aliphatic rings. The molecule has 1 aromatic rings. The van der Waals surface area contributed by atoms with Crippen molar-refractivity contribution in [2.45, 2.75) is 12.0 Å². The second-order valence-corrected chi connectivity index (χ2v) is 5.71. The summed E-state index contributed by atoms with van der Waals surface area (Å²) in [6, 6.07) is 7.63. The lowest BCUT2D eigenvalue weighted by molar-refractivity contribution is -0.142. The van der Waals surface area contributed by atoms with Crippen molar-refractivity contribution in [3.05, 3.63) is 28.7 Å². The topological polar surface area (TPSA) is 75.8 Å². The van der Waals surface area contributed by atoms with Crippen molar-refractivity contribution in [3.63, 3.8) is 0 Å². The Bertz CT molecular complexity index is 469. The summed E-state index contributed by atoms with van der Waals surface area (Å²) in [6.45, 7) is 2.28. The van der Waals surface area contributed by atoms with Crippen LogP contribution in [0.5, 0.6) is 5.75 Å². The molecule has 1 fully saturated rings. The number of halogens is 1. The van der Waals surface area contributed by atoms with Gasteiger partial charge in [-0.1, -0.05) is 22.0 Å². The monoisotopic (exact) mass is 328 g/mol. The van der Waals surface area contributed by atoms with E-state index in [9.17, 15) is 4.79 Å². The highest BCUT2D eigenvalue weighted by atomic mass is 79.9. The van der Waals surface area contributed by atoms with Crippen molar-refractivity contribution in [3.8, 4) is 5.75 Å². The van der Waals surface area contributed by atoms with Crippen LogP contribution in [-0.2, 0) is 4.79 Å². The van der Waals surface area contributed by atoms with Crippen LogP contribution in [0.3, 0.4) is 0 Å². The highest BCUT2D eigenvalue weighted by Gasteiger charge is 2.40. The average Bonchev–Trinajstić information content (AvgIpc) is 2.73. The van der Waals surface area contributed by atoms with Gasteiger partial charge >= 0.3 is 5.97 Å². The lowest BCUT2D eigenvalue weighted by atomic mass is 10.0. The number of hydrogen-bond acceptors (Lipinski definition) is 4. The first kappa shape index (κ1) is 14.3. The van der Waals surface area contributed by atoms with E-state index in [0.29, 0.717) is 32.7 Å². The predicted molar refractivity (Wildman–Crippen MR) is 75.2 cm³/mol. The number of nitrogens with zero attached hydrogens (tertiary/aromatic N) is 1. The Morgan fingerprint density at radius 3 is 3.00 bits per heavy atom. The average molecular weight is 329 g/mol. The van der Waals surface area contributed by atoms with Crippen molar-refractivity contribution in [2.24, 2.45) is 5.73 Å². The number of hydrogen-bond donors (Lipinski definition) is 2. The molecule has 1 saturated heterocycles. The Morgan fingerprint density at radius 1 is 1.58 bits per heavy atom. The van der Waals surface area contributed by atoms with Gasteiger partial charge in [-0.15, -0.1) is 0 Å². The van der Waals surface area contributed by atoms with E-state index in [-0.39, 0.29) is 0 Å². The molecular weight excluding hydrogens is 312 g/mol. The minimum atomic E-state index is -1.10. The van der Waals surface area contributed by atoms with Crippen LogP contribution in [0.4, 0.5) is 0 Å². The minimum Gasteiger partial charge on any atom is -0.492 e. The molecule has 0 aromatic heterocycles. The van der Waals surface area contributed by atoms with Crippen molar-refractivity contribution in [1.82, 2.24) is 4.90 Å². The Balaban J connectivity index is 1.77. The minimum absolute atomic E-state index is 0.379. The highest BCUT2D eigenvalue weighted by Crippen LogP contribution is 2.20. The number of nitrogens with two attached hydrogens (primary N) is 1. The lowest BCUT2D eigenvalue weighted by Gasteiger charge is -2.20. The van der Waals surface area contributed by atoms with Crippen LogP contribution in [0.2, 0.25) is 0 Å². The molecule has 1 aromatic carbocycles. The molecule has 19 heavy (non-hydrogen) atoms. The molecule has 104 valence electrons. The molecule has 0 aliphatic carbocycles. The standard InChI is InChI=1S/C13H17BrN2O3/c14-10-2-1-3-11(8-10)19-7-6-16-5-4-13(15,9-16)12(17)18/h1-3,8H,4-7,9,15H2,(H,17,18). The number of carboxylic acids is 1. The van der Waals surface area contributed by atoms with E-state index in [4.69, 9.17) is 15.6 Å². The summed E-state index contributed by atoms with van der Waals surface area (Å²) in [7, 11) is 0. The van der Waals surface area contributed by atoms with Gasteiger partial charge in [0.15, 0.2) is 0 Å². The maximum Gasteiger partial charge on any atom is 0.325 e. The van der Waals surface area contributed by atoms with E-state index in [0.717, 1.165) is 10.2 Å². The van der Waals surface area contributed by atoms with E-state index in [1.807, 2.05) is 29.2 Å². The predicted octanol–water partition coefficient (Wildman–Crippen LogP) is 1.32. The SMILES string of the molecule is NC1(C(=O)O)CCN(CCOc2cccc(Br)c2)C1. The van der Waals surface area contributed by atoms with Gasteiger partial charge in [-0.2, -0.15) is 0 Å². The molecule has 0 saturated carbocycles. The van der Waals surface area contributed by atoms with Gasteiger partial charge in [0.25, 0.3) is 0 Å². The van der Waals surface area contributed by atoms with Gasteiger partial charge in [0, 0.05) is 24.1 Å². The molecule has 6 heteroatoms. The highest BCUT2D eigenvalue weighted by molar-refractivity contribution is 9.10. The summed E-state index contributed by atoms with van der Waals surface area (Å²) in [5.41, 5.74) is 4.71. The van der Waals surface area contributed by atoms with Crippen LogP contribution in [-0.4, -0.2) is 47.8 Å². The number of rotatable bonds is 5. The van der Waals surface area contributed by atoms with Crippen molar-refractivity contribution in [2.75, 3.05) is 26.2 Å². The zero-order chi connectivity index (χ0) is 13.9. The summed E-state index contributed by atoms with van der Waals surface area (Å²) in [4.78, 5) is 13.0. The zero-order valence-electron chi connectivity index (χ0n) is 10.5. The van der Waals surface area contributed by atoms with Crippen molar-refractivity contribution < 1.29 is 14.6 Å². The van der Waals surface area contributed by atoms with Gasteiger partial charge in [0.2, 0.25) is 0 Å². The number of ether oxygens (including phenoxy) is 1. The molecule has 5 nitrogen and oxygen atoms in total. The van der Waals surface area contributed by atoms with Crippen molar-refractivity contribution >= 4 is 21.9 Å². The van der Waals surface area contributed by atoms with Crippen LogP contribution in [0.25, 0.3) is 0 Å². The lowest BCUT2D eigenvalue weighted by Crippen LogP contribution is -2.50. The van der Waals surface area contributed by atoms with Crippen LogP contribution >= 0.6 is 15.9 Å². The summed E-state index contributed by atoms with van der Waals surface area (Å²) < 4.78 is 6.59. The molecule has 1 atom stereocenters. The van der Waals surface area contributed by atoms with Gasteiger partial charge < -0.3 is 15.6 Å². The number of likely N-dealkylation sites (tertiary alicyclic amines) is 1. The smallest absolute Gasteiger partial charge is 0.325 e. The molecule has 1 unspecified atom stereocenters. The molecule has 3 N–H and O–H groups in total. The first-order chi connectivity index (χ1) is 8.99. The zero-order valence-corrected chi connectivity index (χ0v) is 12.1. The third-order valence-corrected chi connectivity index (χ3v) is 3.77. The first-order valence-corrected chi connectivity index (χ1v) is 6.92. The fraction of sp³-hybridized carbons (Fsp3) is 0.462. The van der Waals surface area contributed by atoms with Crippen molar-refractivity contribution in [1.29, 1.82) is 0 Å². The van der Waals surface area contributed by atoms with Crippen LogP contribution in [0, 0.1) is 0 Å². The fourth-order valence-electron chi connectivity index (χ4n) is 2.13. The number of aliphatic carboxylic acids is 1. The molecule has 0 spiro atoms. The molecule has 0 bridgehead atoms. The molecule has 0 amide bonds. The summed E-state index contributed by atoms with van der Waals surface area (Å²) in [5.74, 6) is -0.131. The Labute approximate surface area is 120 Å².